The highest BCUT2D eigenvalue weighted by Crippen LogP contribution is 2.17. The van der Waals surface area contributed by atoms with E-state index in [1.54, 1.807) is 18.1 Å². The first-order valence-electron chi connectivity index (χ1n) is 6.92. The van der Waals surface area contributed by atoms with Crippen LogP contribution in [0.1, 0.15) is 32.7 Å². The van der Waals surface area contributed by atoms with Crippen LogP contribution >= 0.6 is 22.9 Å². The molecule has 1 N–H and O–H groups in total. The first-order chi connectivity index (χ1) is 9.67. The van der Waals surface area contributed by atoms with Crippen LogP contribution in [0.2, 0.25) is 4.34 Å². The zero-order valence-corrected chi connectivity index (χ0v) is 14.8. The molecular formula is C14H24ClN3O2S. The highest BCUT2D eigenvalue weighted by atomic mass is 35.5. The first-order valence-corrected chi connectivity index (χ1v) is 8.12. The van der Waals surface area contributed by atoms with Crippen molar-refractivity contribution in [3.05, 3.63) is 15.5 Å². The molecule has 0 aliphatic carbocycles. The number of aromatic nitrogens is 1. The molecule has 0 fully saturated rings. The predicted octanol–water partition coefficient (Wildman–Crippen LogP) is 3.39. The van der Waals surface area contributed by atoms with E-state index in [1.807, 2.05) is 20.8 Å². The third-order valence-electron chi connectivity index (χ3n) is 2.59. The lowest BCUT2D eigenvalue weighted by Crippen LogP contribution is -2.38. The third kappa shape index (κ3) is 7.64. The van der Waals surface area contributed by atoms with Gasteiger partial charge in [0.1, 0.15) is 14.9 Å². The molecule has 21 heavy (non-hydrogen) atoms. The summed E-state index contributed by atoms with van der Waals surface area (Å²) in [5.41, 5.74) is -0.461. The van der Waals surface area contributed by atoms with Crippen LogP contribution in [0, 0.1) is 5.92 Å². The van der Waals surface area contributed by atoms with E-state index in [0.717, 1.165) is 11.6 Å². The maximum absolute atomic E-state index is 11.9. The second-order valence-corrected chi connectivity index (χ2v) is 7.90. The van der Waals surface area contributed by atoms with Crippen molar-refractivity contribution in [2.75, 3.05) is 20.1 Å². The smallest absolute Gasteiger partial charge is 0.410 e. The van der Waals surface area contributed by atoms with E-state index < -0.39 is 5.60 Å². The van der Waals surface area contributed by atoms with Crippen molar-refractivity contribution in [3.63, 3.8) is 0 Å². The SMILES string of the molecule is CC(CNCc1ncc(Cl)s1)CN(C)C(=O)OC(C)(C)C. The van der Waals surface area contributed by atoms with Crippen molar-refractivity contribution >= 4 is 29.0 Å². The summed E-state index contributed by atoms with van der Waals surface area (Å²) in [6.45, 7) is 9.81. The van der Waals surface area contributed by atoms with Crippen LogP contribution in [0.5, 0.6) is 0 Å². The largest absolute Gasteiger partial charge is 0.444 e. The molecule has 120 valence electrons. The quantitative estimate of drug-likeness (QED) is 0.867. The Morgan fingerprint density at radius 1 is 1.57 bits per heavy atom. The van der Waals surface area contributed by atoms with Crippen LogP contribution in [0.25, 0.3) is 0 Å². The normalized spacial score (nSPS) is 13.0. The van der Waals surface area contributed by atoms with Gasteiger partial charge in [0.05, 0.1) is 6.20 Å². The summed E-state index contributed by atoms with van der Waals surface area (Å²) in [4.78, 5) is 17.6. The summed E-state index contributed by atoms with van der Waals surface area (Å²) >= 11 is 7.30. The lowest BCUT2D eigenvalue weighted by molar-refractivity contribution is 0.0277. The average molecular weight is 334 g/mol. The van der Waals surface area contributed by atoms with Crippen LogP contribution in [0.3, 0.4) is 0 Å². The molecule has 0 aromatic carbocycles. The number of ether oxygens (including phenoxy) is 1. The molecule has 0 saturated carbocycles. The number of halogens is 1. The van der Waals surface area contributed by atoms with Crippen molar-refractivity contribution in [1.29, 1.82) is 0 Å². The molecule has 1 atom stereocenters. The predicted molar refractivity (Wildman–Crippen MR) is 86.9 cm³/mol. The minimum Gasteiger partial charge on any atom is -0.444 e. The molecule has 7 heteroatoms. The zero-order valence-electron chi connectivity index (χ0n) is 13.3. The van der Waals surface area contributed by atoms with Gasteiger partial charge >= 0.3 is 6.09 Å². The van der Waals surface area contributed by atoms with Crippen LogP contribution in [0.4, 0.5) is 4.79 Å². The Bertz CT molecular complexity index is 459. The molecule has 1 aromatic heterocycles. The Morgan fingerprint density at radius 2 is 2.24 bits per heavy atom. The van der Waals surface area contributed by atoms with E-state index in [2.05, 4.69) is 17.2 Å². The van der Waals surface area contributed by atoms with Gasteiger partial charge in [0, 0.05) is 20.1 Å². The number of rotatable bonds is 6. The Labute approximate surface area is 135 Å². The van der Waals surface area contributed by atoms with E-state index in [9.17, 15) is 4.79 Å². The number of carbonyl (C=O) groups excluding carboxylic acids is 1. The van der Waals surface area contributed by atoms with Crippen LogP contribution < -0.4 is 5.32 Å². The molecule has 1 aromatic rings. The number of thiazole rings is 1. The van der Waals surface area contributed by atoms with Gasteiger partial charge in [-0.1, -0.05) is 18.5 Å². The average Bonchev–Trinajstić information content (AvgIpc) is 2.72. The van der Waals surface area contributed by atoms with Crippen LogP contribution in [0.15, 0.2) is 6.20 Å². The molecule has 1 unspecified atom stereocenters. The van der Waals surface area contributed by atoms with Gasteiger partial charge < -0.3 is 15.0 Å². The summed E-state index contributed by atoms with van der Waals surface area (Å²) in [6.07, 6.45) is 1.37. The van der Waals surface area contributed by atoms with Crippen LogP contribution in [-0.2, 0) is 11.3 Å². The maximum atomic E-state index is 11.9. The van der Waals surface area contributed by atoms with Gasteiger partial charge in [-0.15, -0.1) is 11.3 Å². The van der Waals surface area contributed by atoms with E-state index >= 15 is 0 Å². The van der Waals surface area contributed by atoms with Gasteiger partial charge in [0.15, 0.2) is 0 Å². The fourth-order valence-corrected chi connectivity index (χ4v) is 2.67. The molecule has 5 nitrogen and oxygen atoms in total. The molecule has 0 spiro atoms. The number of nitrogens with zero attached hydrogens (tertiary/aromatic N) is 2. The molecule has 1 heterocycles. The van der Waals surface area contributed by atoms with Gasteiger partial charge in [-0.3, -0.25) is 0 Å². The number of hydrogen-bond acceptors (Lipinski definition) is 5. The topological polar surface area (TPSA) is 54.5 Å². The first kappa shape index (κ1) is 18.2. The zero-order chi connectivity index (χ0) is 16.0. The summed E-state index contributed by atoms with van der Waals surface area (Å²) in [5, 5.41) is 4.28. The van der Waals surface area contributed by atoms with Crippen molar-refractivity contribution in [2.45, 2.75) is 39.8 Å². The summed E-state index contributed by atoms with van der Waals surface area (Å²) in [5.74, 6) is 0.318. The lowest BCUT2D eigenvalue weighted by Gasteiger charge is -2.26. The fourth-order valence-electron chi connectivity index (χ4n) is 1.74. The standard InChI is InChI=1S/C14H24ClN3O2S/c1-10(6-16-8-12-17-7-11(15)21-12)9-18(5)13(19)20-14(2,3)4/h7,10,16H,6,8-9H2,1-5H3. The Balaban J connectivity index is 2.26. The number of carbonyl (C=O) groups is 1. The van der Waals surface area contributed by atoms with Crippen molar-refractivity contribution in [2.24, 2.45) is 5.92 Å². The molecule has 0 saturated heterocycles. The highest BCUT2D eigenvalue weighted by molar-refractivity contribution is 7.15. The van der Waals surface area contributed by atoms with Gasteiger partial charge in [-0.2, -0.15) is 0 Å². The lowest BCUT2D eigenvalue weighted by atomic mass is 10.1. The highest BCUT2D eigenvalue weighted by Gasteiger charge is 2.20. The van der Waals surface area contributed by atoms with E-state index in [4.69, 9.17) is 16.3 Å². The second kappa shape index (κ2) is 7.96. The Kier molecular flexibility index (Phi) is 6.90. The van der Waals surface area contributed by atoms with Crippen molar-refractivity contribution < 1.29 is 9.53 Å². The third-order valence-corrected chi connectivity index (χ3v) is 3.70. The van der Waals surface area contributed by atoms with Crippen LogP contribution in [-0.4, -0.2) is 41.7 Å². The fraction of sp³-hybridized carbons (Fsp3) is 0.714. The molecule has 0 bridgehead atoms. The monoisotopic (exact) mass is 333 g/mol. The molecule has 1 rings (SSSR count). The number of nitrogens with one attached hydrogen (secondary N) is 1. The molecular weight excluding hydrogens is 310 g/mol. The van der Waals surface area contributed by atoms with Crippen molar-refractivity contribution in [3.8, 4) is 0 Å². The van der Waals surface area contributed by atoms with Crippen molar-refractivity contribution in [1.82, 2.24) is 15.2 Å². The van der Waals surface area contributed by atoms with Gasteiger partial charge in [-0.05, 0) is 33.2 Å². The Morgan fingerprint density at radius 3 is 2.76 bits per heavy atom. The minimum atomic E-state index is -0.461. The van der Waals surface area contributed by atoms with E-state index in [1.165, 1.54) is 11.3 Å². The summed E-state index contributed by atoms with van der Waals surface area (Å²) < 4.78 is 6.02. The summed E-state index contributed by atoms with van der Waals surface area (Å²) in [6, 6.07) is 0. The molecule has 0 aliphatic rings. The van der Waals surface area contributed by atoms with Gasteiger partial charge in [-0.25, -0.2) is 9.78 Å². The molecule has 0 aliphatic heterocycles. The maximum Gasteiger partial charge on any atom is 0.410 e. The van der Waals surface area contributed by atoms with E-state index in [-0.39, 0.29) is 6.09 Å². The number of amides is 1. The van der Waals surface area contributed by atoms with Gasteiger partial charge in [0.2, 0.25) is 0 Å². The van der Waals surface area contributed by atoms with E-state index in [0.29, 0.717) is 23.3 Å². The van der Waals surface area contributed by atoms with Gasteiger partial charge in [0.25, 0.3) is 0 Å². The minimum absolute atomic E-state index is 0.291. The molecule has 0 radical (unpaired) electrons. The summed E-state index contributed by atoms with van der Waals surface area (Å²) in [7, 11) is 1.76. The second-order valence-electron chi connectivity index (χ2n) is 6.16. The molecule has 1 amide bonds. The number of hydrogen-bond donors (Lipinski definition) is 1. The Hall–Kier alpha value is -0.850.